The van der Waals surface area contributed by atoms with Gasteiger partial charge in [0, 0.05) is 35.8 Å². The summed E-state index contributed by atoms with van der Waals surface area (Å²) in [5, 5.41) is 6.79. The van der Waals surface area contributed by atoms with Gasteiger partial charge in [0.2, 0.25) is 0 Å². The molecule has 6 nitrogen and oxygen atoms in total. The number of amides is 2. The lowest BCUT2D eigenvalue weighted by Gasteiger charge is -2.11. The minimum Gasteiger partial charge on any atom is -0.352 e. The van der Waals surface area contributed by atoms with E-state index in [0.717, 1.165) is 33.8 Å². The number of aryl methyl sites for hydroxylation is 2. The molecule has 0 atom stereocenters. The number of nitrogens with zero attached hydrogens (tertiary/aromatic N) is 2. The molecule has 0 bridgehead atoms. The topological polar surface area (TPSA) is 84.0 Å². The number of rotatable bonds is 7. The third-order valence-electron chi connectivity index (χ3n) is 6.11. The molecule has 0 spiro atoms. The lowest BCUT2D eigenvalue weighted by atomic mass is 9.98. The Morgan fingerprint density at radius 2 is 1.80 bits per heavy atom. The Kier molecular flexibility index (Phi) is 6.42. The zero-order chi connectivity index (χ0) is 24.4. The third kappa shape index (κ3) is 5.30. The zero-order valence-electron chi connectivity index (χ0n) is 19.7. The standard InChI is InChI=1S/C28H26N4O2S/c1-17-5-12-23(32-27(34)25-18(2)31-28(35-25)22-4-3-13-29-16-22)14-24(17)20-8-10-21(11-9-20)26(33)30-15-19-6-7-19/h3-5,8-14,16,19H,6-7,15H2,1-2H3,(H,30,33)(H,32,34). The van der Waals surface area contributed by atoms with Crippen molar-refractivity contribution in [1.29, 1.82) is 0 Å². The van der Waals surface area contributed by atoms with E-state index in [9.17, 15) is 9.59 Å². The number of hydrogen-bond acceptors (Lipinski definition) is 5. The number of anilines is 1. The first-order valence-corrected chi connectivity index (χ1v) is 12.5. The number of nitrogens with one attached hydrogen (secondary N) is 2. The summed E-state index contributed by atoms with van der Waals surface area (Å²) < 4.78 is 0. The molecule has 0 unspecified atom stereocenters. The van der Waals surface area contributed by atoms with Crippen LogP contribution < -0.4 is 10.6 Å². The van der Waals surface area contributed by atoms with Crippen molar-refractivity contribution in [3.05, 3.63) is 88.7 Å². The fourth-order valence-corrected chi connectivity index (χ4v) is 4.83. The maximum Gasteiger partial charge on any atom is 0.267 e. The van der Waals surface area contributed by atoms with E-state index in [0.29, 0.717) is 27.7 Å². The van der Waals surface area contributed by atoms with Gasteiger partial charge >= 0.3 is 0 Å². The molecule has 4 aromatic rings. The fourth-order valence-electron chi connectivity index (χ4n) is 3.88. The molecule has 2 N–H and O–H groups in total. The van der Waals surface area contributed by atoms with E-state index in [1.165, 1.54) is 24.2 Å². The van der Waals surface area contributed by atoms with Gasteiger partial charge in [-0.25, -0.2) is 4.98 Å². The van der Waals surface area contributed by atoms with Crippen LogP contribution in [0.25, 0.3) is 21.7 Å². The Labute approximate surface area is 208 Å². The van der Waals surface area contributed by atoms with Crippen LogP contribution in [-0.4, -0.2) is 28.3 Å². The monoisotopic (exact) mass is 482 g/mol. The predicted octanol–water partition coefficient (Wildman–Crippen LogP) is 5.88. The molecule has 0 aliphatic heterocycles. The Hall–Kier alpha value is -3.84. The molecule has 2 aromatic carbocycles. The summed E-state index contributed by atoms with van der Waals surface area (Å²) in [5.41, 5.74) is 6.02. The largest absolute Gasteiger partial charge is 0.352 e. The van der Waals surface area contributed by atoms with Crippen molar-refractivity contribution < 1.29 is 9.59 Å². The molecule has 0 radical (unpaired) electrons. The summed E-state index contributed by atoms with van der Waals surface area (Å²) in [4.78, 5) is 34.7. The Bertz CT molecular complexity index is 1380. The maximum absolute atomic E-state index is 13.0. The van der Waals surface area contributed by atoms with Crippen molar-refractivity contribution >= 4 is 28.8 Å². The molecule has 1 fully saturated rings. The van der Waals surface area contributed by atoms with Crippen LogP contribution in [0.2, 0.25) is 0 Å². The second-order valence-corrected chi connectivity index (χ2v) is 9.89. The van der Waals surface area contributed by atoms with Gasteiger partial charge in [-0.3, -0.25) is 14.6 Å². The molecule has 7 heteroatoms. The van der Waals surface area contributed by atoms with E-state index in [1.807, 2.05) is 68.4 Å². The molecule has 2 amide bonds. The third-order valence-corrected chi connectivity index (χ3v) is 7.32. The summed E-state index contributed by atoms with van der Waals surface area (Å²) in [6.07, 6.45) is 5.87. The summed E-state index contributed by atoms with van der Waals surface area (Å²) in [6.45, 7) is 4.63. The van der Waals surface area contributed by atoms with Gasteiger partial charge in [-0.15, -0.1) is 11.3 Å². The van der Waals surface area contributed by atoms with E-state index < -0.39 is 0 Å². The van der Waals surface area contributed by atoms with Crippen LogP contribution in [0.3, 0.4) is 0 Å². The highest BCUT2D eigenvalue weighted by molar-refractivity contribution is 7.17. The lowest BCUT2D eigenvalue weighted by Crippen LogP contribution is -2.25. The minimum atomic E-state index is -0.187. The van der Waals surface area contributed by atoms with Gasteiger partial charge in [-0.1, -0.05) is 18.2 Å². The minimum absolute atomic E-state index is 0.0354. The molecule has 1 aliphatic rings. The average molecular weight is 483 g/mol. The molecule has 1 aliphatic carbocycles. The Balaban J connectivity index is 1.32. The van der Waals surface area contributed by atoms with Crippen LogP contribution in [0, 0.1) is 19.8 Å². The van der Waals surface area contributed by atoms with Gasteiger partial charge in [0.1, 0.15) is 9.88 Å². The number of thiazole rings is 1. The number of hydrogen-bond donors (Lipinski definition) is 2. The van der Waals surface area contributed by atoms with Crippen LogP contribution in [0.4, 0.5) is 5.69 Å². The van der Waals surface area contributed by atoms with Crippen molar-refractivity contribution in [3.63, 3.8) is 0 Å². The molecule has 2 heterocycles. The van der Waals surface area contributed by atoms with Gasteiger partial charge in [0.25, 0.3) is 11.8 Å². The van der Waals surface area contributed by atoms with Crippen molar-refractivity contribution in [2.45, 2.75) is 26.7 Å². The number of benzene rings is 2. The molecule has 0 saturated heterocycles. The molecular formula is C28H26N4O2S. The number of pyridine rings is 1. The van der Waals surface area contributed by atoms with Gasteiger partial charge in [-0.2, -0.15) is 0 Å². The first-order chi connectivity index (χ1) is 17.0. The summed E-state index contributed by atoms with van der Waals surface area (Å²) in [5.74, 6) is 0.425. The van der Waals surface area contributed by atoms with Gasteiger partial charge in [0.05, 0.1) is 5.69 Å². The molecular weight excluding hydrogens is 456 g/mol. The maximum atomic E-state index is 13.0. The first-order valence-electron chi connectivity index (χ1n) is 11.7. The SMILES string of the molecule is Cc1ccc(NC(=O)c2sc(-c3cccnc3)nc2C)cc1-c1ccc(C(=O)NCC2CC2)cc1. The normalized spacial score (nSPS) is 12.9. The number of carbonyl (C=O) groups excluding carboxylic acids is 2. The average Bonchev–Trinajstić information content (AvgIpc) is 3.63. The summed E-state index contributed by atoms with van der Waals surface area (Å²) in [7, 11) is 0. The second-order valence-electron chi connectivity index (χ2n) is 8.89. The van der Waals surface area contributed by atoms with Gasteiger partial charge in [0.15, 0.2) is 0 Å². The van der Waals surface area contributed by atoms with Crippen molar-refractivity contribution in [3.8, 4) is 21.7 Å². The van der Waals surface area contributed by atoms with Crippen LogP contribution in [-0.2, 0) is 0 Å². The van der Waals surface area contributed by atoms with Crippen molar-refractivity contribution in [2.24, 2.45) is 5.92 Å². The number of aromatic nitrogens is 2. The smallest absolute Gasteiger partial charge is 0.267 e. The summed E-state index contributed by atoms with van der Waals surface area (Å²) >= 11 is 1.36. The van der Waals surface area contributed by atoms with E-state index in [4.69, 9.17) is 0 Å². The van der Waals surface area contributed by atoms with E-state index >= 15 is 0 Å². The second kappa shape index (κ2) is 9.80. The van der Waals surface area contributed by atoms with Crippen molar-refractivity contribution in [1.82, 2.24) is 15.3 Å². The lowest BCUT2D eigenvalue weighted by molar-refractivity contribution is 0.0951. The molecule has 5 rings (SSSR count). The van der Waals surface area contributed by atoms with Gasteiger partial charge in [-0.05, 0) is 85.7 Å². The zero-order valence-corrected chi connectivity index (χ0v) is 20.5. The summed E-state index contributed by atoms with van der Waals surface area (Å²) in [6, 6.07) is 17.2. The van der Waals surface area contributed by atoms with E-state index in [-0.39, 0.29) is 11.8 Å². The van der Waals surface area contributed by atoms with E-state index in [2.05, 4.69) is 20.6 Å². The molecule has 1 saturated carbocycles. The first kappa shape index (κ1) is 22.9. The molecule has 35 heavy (non-hydrogen) atoms. The van der Waals surface area contributed by atoms with Crippen LogP contribution in [0.15, 0.2) is 67.0 Å². The predicted molar refractivity (Wildman–Crippen MR) is 140 cm³/mol. The highest BCUT2D eigenvalue weighted by Crippen LogP contribution is 2.30. The highest BCUT2D eigenvalue weighted by Gasteiger charge is 2.22. The van der Waals surface area contributed by atoms with E-state index in [1.54, 1.807) is 12.4 Å². The Morgan fingerprint density at radius 1 is 1.00 bits per heavy atom. The quantitative estimate of drug-likeness (QED) is 0.344. The van der Waals surface area contributed by atoms with Crippen LogP contribution >= 0.6 is 11.3 Å². The van der Waals surface area contributed by atoms with Gasteiger partial charge < -0.3 is 10.6 Å². The molecule has 176 valence electrons. The number of carbonyl (C=O) groups is 2. The van der Waals surface area contributed by atoms with Crippen LogP contribution in [0.5, 0.6) is 0 Å². The highest BCUT2D eigenvalue weighted by atomic mass is 32.1. The molecule has 2 aromatic heterocycles. The van der Waals surface area contributed by atoms with Crippen molar-refractivity contribution in [2.75, 3.05) is 11.9 Å². The fraction of sp³-hybridized carbons (Fsp3) is 0.214. The Morgan fingerprint density at radius 3 is 2.51 bits per heavy atom. The van der Waals surface area contributed by atoms with Crippen LogP contribution in [0.1, 0.15) is 44.1 Å².